The van der Waals surface area contributed by atoms with Crippen LogP contribution in [0, 0.1) is 0 Å². The summed E-state index contributed by atoms with van der Waals surface area (Å²) in [7, 11) is 0. The lowest BCUT2D eigenvalue weighted by molar-refractivity contribution is -0.168. The largest absolute Gasteiger partial charge is 0.458 e. The molecule has 3 heteroatoms. The van der Waals surface area contributed by atoms with Gasteiger partial charge in [0.25, 0.3) is 0 Å². The maximum atomic E-state index is 12.2. The Bertz CT molecular complexity index is 551. The summed E-state index contributed by atoms with van der Waals surface area (Å²) in [6.45, 7) is 1.92. The third-order valence-electron chi connectivity index (χ3n) is 3.31. The highest BCUT2D eigenvalue weighted by molar-refractivity contribution is 5.81. The first-order valence-corrected chi connectivity index (χ1v) is 6.66. The Labute approximate surface area is 118 Å². The van der Waals surface area contributed by atoms with Crippen molar-refractivity contribution in [2.24, 2.45) is 0 Å². The molecule has 20 heavy (non-hydrogen) atoms. The Hall–Kier alpha value is -2.13. The monoisotopic (exact) mass is 270 g/mol. The predicted molar refractivity (Wildman–Crippen MR) is 76.9 cm³/mol. The van der Waals surface area contributed by atoms with E-state index in [9.17, 15) is 9.90 Å². The van der Waals surface area contributed by atoms with Gasteiger partial charge in [0.2, 0.25) is 0 Å². The molecule has 0 fully saturated rings. The number of hydrogen-bond donors (Lipinski definition) is 1. The second-order valence-electron chi connectivity index (χ2n) is 4.64. The van der Waals surface area contributed by atoms with E-state index >= 15 is 0 Å². The number of esters is 1. The van der Waals surface area contributed by atoms with Gasteiger partial charge in [-0.25, -0.2) is 4.79 Å². The van der Waals surface area contributed by atoms with Crippen molar-refractivity contribution in [2.75, 3.05) is 0 Å². The third-order valence-corrected chi connectivity index (χ3v) is 3.31. The van der Waals surface area contributed by atoms with Crippen molar-refractivity contribution in [2.45, 2.75) is 25.6 Å². The fraction of sp³-hybridized carbons (Fsp3) is 0.235. The number of carbonyl (C=O) groups is 1. The molecule has 0 saturated heterocycles. The van der Waals surface area contributed by atoms with E-state index in [-0.39, 0.29) is 13.0 Å². The lowest BCUT2D eigenvalue weighted by atomic mass is 9.91. The van der Waals surface area contributed by atoms with E-state index in [1.54, 1.807) is 31.2 Å². The second-order valence-corrected chi connectivity index (χ2v) is 4.64. The summed E-state index contributed by atoms with van der Waals surface area (Å²) in [4.78, 5) is 12.2. The van der Waals surface area contributed by atoms with Crippen LogP contribution in [0.1, 0.15) is 24.5 Å². The lowest BCUT2D eigenvalue weighted by Crippen LogP contribution is -2.36. The van der Waals surface area contributed by atoms with Crippen LogP contribution < -0.4 is 0 Å². The first kappa shape index (κ1) is 14.3. The molecular weight excluding hydrogens is 252 g/mol. The van der Waals surface area contributed by atoms with Crippen LogP contribution in [0.5, 0.6) is 0 Å². The molecule has 0 bridgehead atoms. The number of aliphatic hydroxyl groups is 1. The molecule has 1 N–H and O–H groups in total. The van der Waals surface area contributed by atoms with E-state index in [1.165, 1.54) is 0 Å². The molecular formula is C17H18O3. The first-order valence-electron chi connectivity index (χ1n) is 6.66. The average Bonchev–Trinajstić information content (AvgIpc) is 2.53. The fourth-order valence-corrected chi connectivity index (χ4v) is 2.02. The van der Waals surface area contributed by atoms with Crippen molar-refractivity contribution in [3.05, 3.63) is 71.8 Å². The molecule has 104 valence electrons. The molecule has 0 radical (unpaired) electrons. The average molecular weight is 270 g/mol. The van der Waals surface area contributed by atoms with E-state index < -0.39 is 11.6 Å². The molecule has 0 spiro atoms. The van der Waals surface area contributed by atoms with Gasteiger partial charge in [-0.05, 0) is 17.5 Å². The van der Waals surface area contributed by atoms with E-state index in [0.29, 0.717) is 5.56 Å². The Balaban J connectivity index is 2.10. The van der Waals surface area contributed by atoms with Crippen LogP contribution in [0.3, 0.4) is 0 Å². The lowest BCUT2D eigenvalue weighted by Gasteiger charge is -2.25. The van der Waals surface area contributed by atoms with E-state index in [0.717, 1.165) is 5.56 Å². The van der Waals surface area contributed by atoms with E-state index in [2.05, 4.69) is 0 Å². The highest BCUT2D eigenvalue weighted by atomic mass is 16.5. The number of ether oxygens (including phenoxy) is 1. The first-order chi connectivity index (χ1) is 9.66. The van der Waals surface area contributed by atoms with Gasteiger partial charge in [0, 0.05) is 0 Å². The Kier molecular flexibility index (Phi) is 4.53. The predicted octanol–water partition coefficient (Wildman–Crippen LogP) is 3.03. The molecule has 0 aliphatic heterocycles. The molecule has 0 aromatic heterocycles. The maximum Gasteiger partial charge on any atom is 0.343 e. The van der Waals surface area contributed by atoms with E-state index in [1.807, 2.05) is 36.4 Å². The van der Waals surface area contributed by atoms with Crippen molar-refractivity contribution in [1.82, 2.24) is 0 Å². The molecule has 2 rings (SSSR count). The Morgan fingerprint density at radius 1 is 1.05 bits per heavy atom. The summed E-state index contributed by atoms with van der Waals surface area (Å²) >= 11 is 0. The zero-order chi connectivity index (χ0) is 14.4. The molecule has 0 heterocycles. The smallest absolute Gasteiger partial charge is 0.343 e. The number of benzene rings is 2. The second kappa shape index (κ2) is 6.35. The SMILES string of the molecule is CC[C@@](O)(C(=O)OCc1ccccc1)c1ccccc1. The van der Waals surface area contributed by atoms with Crippen molar-refractivity contribution in [3.63, 3.8) is 0 Å². The minimum atomic E-state index is -1.59. The minimum absolute atomic E-state index is 0.162. The minimum Gasteiger partial charge on any atom is -0.458 e. The quantitative estimate of drug-likeness (QED) is 0.849. The van der Waals surface area contributed by atoms with Gasteiger partial charge in [-0.2, -0.15) is 0 Å². The molecule has 2 aromatic rings. The van der Waals surface area contributed by atoms with Crippen LogP contribution in [0.2, 0.25) is 0 Å². The molecule has 0 aliphatic rings. The van der Waals surface area contributed by atoms with Gasteiger partial charge < -0.3 is 9.84 Å². The van der Waals surface area contributed by atoms with Gasteiger partial charge in [-0.1, -0.05) is 67.6 Å². The van der Waals surface area contributed by atoms with Crippen LogP contribution in [0.4, 0.5) is 0 Å². The van der Waals surface area contributed by atoms with Crippen LogP contribution in [0.25, 0.3) is 0 Å². The zero-order valence-electron chi connectivity index (χ0n) is 11.5. The topological polar surface area (TPSA) is 46.5 Å². The van der Waals surface area contributed by atoms with Crippen molar-refractivity contribution >= 4 is 5.97 Å². The van der Waals surface area contributed by atoms with Crippen molar-refractivity contribution in [1.29, 1.82) is 0 Å². The number of carbonyl (C=O) groups excluding carboxylic acids is 1. The van der Waals surface area contributed by atoms with Crippen LogP contribution in [-0.4, -0.2) is 11.1 Å². The zero-order valence-corrected chi connectivity index (χ0v) is 11.5. The normalized spacial score (nSPS) is 13.5. The van der Waals surface area contributed by atoms with Crippen molar-refractivity contribution < 1.29 is 14.6 Å². The highest BCUT2D eigenvalue weighted by Gasteiger charge is 2.37. The van der Waals surface area contributed by atoms with Gasteiger partial charge in [-0.3, -0.25) is 0 Å². The molecule has 1 atom stereocenters. The molecule has 0 unspecified atom stereocenters. The fourth-order valence-electron chi connectivity index (χ4n) is 2.02. The van der Waals surface area contributed by atoms with Gasteiger partial charge in [0.1, 0.15) is 6.61 Å². The Morgan fingerprint density at radius 2 is 1.60 bits per heavy atom. The summed E-state index contributed by atoms with van der Waals surface area (Å²) in [6, 6.07) is 18.3. The molecule has 0 saturated carbocycles. The third kappa shape index (κ3) is 3.06. The number of hydrogen-bond acceptors (Lipinski definition) is 3. The summed E-state index contributed by atoms with van der Waals surface area (Å²) < 4.78 is 5.25. The summed E-state index contributed by atoms with van der Waals surface area (Å²) in [5.41, 5.74) is -0.135. The summed E-state index contributed by atoms with van der Waals surface area (Å²) in [5, 5.41) is 10.6. The Morgan fingerprint density at radius 3 is 2.15 bits per heavy atom. The summed E-state index contributed by atoms with van der Waals surface area (Å²) in [5.74, 6) is -0.616. The summed E-state index contributed by atoms with van der Waals surface area (Å²) in [6.07, 6.45) is 0.268. The van der Waals surface area contributed by atoms with Crippen LogP contribution in [0.15, 0.2) is 60.7 Å². The van der Waals surface area contributed by atoms with Crippen molar-refractivity contribution in [3.8, 4) is 0 Å². The highest BCUT2D eigenvalue weighted by Crippen LogP contribution is 2.26. The molecule has 3 nitrogen and oxygen atoms in total. The van der Waals surface area contributed by atoms with Gasteiger partial charge in [-0.15, -0.1) is 0 Å². The molecule has 0 aliphatic carbocycles. The molecule has 0 amide bonds. The van der Waals surface area contributed by atoms with Crippen LogP contribution >= 0.6 is 0 Å². The van der Waals surface area contributed by atoms with Gasteiger partial charge >= 0.3 is 5.97 Å². The number of rotatable bonds is 5. The van der Waals surface area contributed by atoms with Crippen LogP contribution in [-0.2, 0) is 21.7 Å². The molecule has 2 aromatic carbocycles. The maximum absolute atomic E-state index is 12.2. The van der Waals surface area contributed by atoms with E-state index in [4.69, 9.17) is 4.74 Å². The van der Waals surface area contributed by atoms with Gasteiger partial charge in [0.05, 0.1) is 0 Å². The van der Waals surface area contributed by atoms with Gasteiger partial charge in [0.15, 0.2) is 5.60 Å². The standard InChI is InChI=1S/C17H18O3/c1-2-17(19,15-11-7-4-8-12-15)16(18)20-13-14-9-5-3-6-10-14/h3-12,19H,2,13H2,1H3/t17-/m0/s1.